The van der Waals surface area contributed by atoms with Crippen LogP contribution in [0.3, 0.4) is 0 Å². The van der Waals surface area contributed by atoms with Gasteiger partial charge in [0.25, 0.3) is 0 Å². The summed E-state index contributed by atoms with van der Waals surface area (Å²) in [5.41, 5.74) is 11.2. The van der Waals surface area contributed by atoms with Crippen molar-refractivity contribution in [3.8, 4) is 22.5 Å². The highest BCUT2D eigenvalue weighted by Crippen LogP contribution is 2.38. The summed E-state index contributed by atoms with van der Waals surface area (Å²) in [6.45, 7) is 0. The number of hydrogen-bond donors (Lipinski definition) is 1. The van der Waals surface area contributed by atoms with Crippen molar-refractivity contribution in [2.24, 2.45) is 14.1 Å². The van der Waals surface area contributed by atoms with Crippen LogP contribution in [-0.4, -0.2) is 29.3 Å². The molecule has 0 radical (unpaired) electrons. The van der Waals surface area contributed by atoms with E-state index in [4.69, 9.17) is 5.73 Å². The molecule has 0 saturated heterocycles. The maximum atomic E-state index is 5.92. The molecule has 8 heteroatoms. The fourth-order valence-corrected chi connectivity index (χ4v) is 4.02. The lowest BCUT2D eigenvalue weighted by molar-refractivity contribution is 0.945. The third kappa shape index (κ3) is 2.49. The van der Waals surface area contributed by atoms with E-state index < -0.39 is 0 Å². The Morgan fingerprint density at radius 1 is 0.929 bits per heavy atom. The van der Waals surface area contributed by atoms with Gasteiger partial charge in [0.15, 0.2) is 0 Å². The molecular weight excluding hydrogens is 418 g/mol. The maximum absolute atomic E-state index is 5.92. The van der Waals surface area contributed by atoms with E-state index in [9.17, 15) is 0 Å². The maximum Gasteiger partial charge on any atom is 0.240 e. The average Bonchev–Trinajstić information content (AvgIpc) is 3.19. The van der Waals surface area contributed by atoms with Crippen LogP contribution >= 0.6 is 15.9 Å². The van der Waals surface area contributed by atoms with Gasteiger partial charge >= 0.3 is 0 Å². The number of fused-ring (bicyclic) bond motifs is 2. The first kappa shape index (κ1) is 16.9. The molecule has 0 unspecified atom stereocenters. The van der Waals surface area contributed by atoms with Gasteiger partial charge in [0.05, 0.1) is 0 Å². The monoisotopic (exact) mass is 433 g/mol. The lowest BCUT2D eigenvalue weighted by Crippen LogP contribution is -2.02. The van der Waals surface area contributed by atoms with Crippen LogP contribution in [0.1, 0.15) is 0 Å². The minimum atomic E-state index is 0.143. The Bertz CT molecular complexity index is 1370. The second-order valence-electron chi connectivity index (χ2n) is 6.71. The number of anilines is 1. The molecule has 2 N–H and O–H groups in total. The first-order chi connectivity index (χ1) is 13.5. The highest BCUT2D eigenvalue weighted by Gasteiger charge is 2.20. The third-order valence-electron chi connectivity index (χ3n) is 4.90. The Balaban J connectivity index is 1.86. The van der Waals surface area contributed by atoms with Crippen LogP contribution < -0.4 is 5.73 Å². The van der Waals surface area contributed by atoms with Crippen LogP contribution in [0.15, 0.2) is 53.4 Å². The van der Waals surface area contributed by atoms with Crippen LogP contribution in [0, 0.1) is 0 Å². The molecule has 1 aromatic carbocycles. The van der Waals surface area contributed by atoms with Crippen molar-refractivity contribution in [2.75, 3.05) is 5.73 Å². The molecule has 4 aromatic heterocycles. The standard InChI is InChI=1S/C20H16BrN7/c1-27-9-15(13-8-11(21)5-6-16(13)27)17-18(25-26-20(22)24-17)14-10-28(2)19-12(14)4-3-7-23-19/h3-10H,1-2H3,(H2,22,24,26). The van der Waals surface area contributed by atoms with Gasteiger partial charge in [-0.05, 0) is 30.3 Å². The van der Waals surface area contributed by atoms with Crippen molar-refractivity contribution >= 4 is 43.8 Å². The fraction of sp³-hybridized carbons (Fsp3) is 0.100. The quantitative estimate of drug-likeness (QED) is 0.455. The summed E-state index contributed by atoms with van der Waals surface area (Å²) < 4.78 is 5.05. The number of aromatic nitrogens is 6. The van der Waals surface area contributed by atoms with Crippen molar-refractivity contribution in [2.45, 2.75) is 0 Å². The van der Waals surface area contributed by atoms with E-state index in [2.05, 4.69) is 52.8 Å². The molecule has 0 spiro atoms. The number of benzene rings is 1. The van der Waals surface area contributed by atoms with E-state index in [1.165, 1.54) is 0 Å². The molecule has 5 rings (SSSR count). The molecule has 7 nitrogen and oxygen atoms in total. The minimum Gasteiger partial charge on any atom is -0.366 e. The molecule has 4 heterocycles. The lowest BCUT2D eigenvalue weighted by atomic mass is 10.0. The summed E-state index contributed by atoms with van der Waals surface area (Å²) in [4.78, 5) is 9.05. The summed E-state index contributed by atoms with van der Waals surface area (Å²) in [6, 6.07) is 10.1. The Morgan fingerprint density at radius 2 is 1.71 bits per heavy atom. The van der Waals surface area contributed by atoms with Gasteiger partial charge in [0, 0.05) is 64.6 Å². The van der Waals surface area contributed by atoms with Crippen LogP contribution in [0.2, 0.25) is 0 Å². The third-order valence-corrected chi connectivity index (χ3v) is 5.39. The molecule has 138 valence electrons. The van der Waals surface area contributed by atoms with Crippen molar-refractivity contribution in [3.63, 3.8) is 0 Å². The van der Waals surface area contributed by atoms with Gasteiger partial charge in [-0.1, -0.05) is 15.9 Å². The summed E-state index contributed by atoms with van der Waals surface area (Å²) in [5, 5.41) is 10.5. The number of nitrogens with two attached hydrogens (primary N) is 1. The molecule has 0 aliphatic carbocycles. The zero-order valence-electron chi connectivity index (χ0n) is 15.3. The summed E-state index contributed by atoms with van der Waals surface area (Å²) in [7, 11) is 3.98. The first-order valence-electron chi connectivity index (χ1n) is 8.68. The van der Waals surface area contributed by atoms with E-state index in [0.29, 0.717) is 11.4 Å². The van der Waals surface area contributed by atoms with E-state index in [1.54, 1.807) is 6.20 Å². The summed E-state index contributed by atoms with van der Waals surface area (Å²) in [6.07, 6.45) is 5.83. The Labute approximate surface area is 169 Å². The Kier molecular flexibility index (Phi) is 3.70. The molecule has 0 bridgehead atoms. The van der Waals surface area contributed by atoms with E-state index in [0.717, 1.165) is 37.5 Å². The first-order valence-corrected chi connectivity index (χ1v) is 9.48. The Hall–Kier alpha value is -3.26. The van der Waals surface area contributed by atoms with Gasteiger partial charge in [-0.25, -0.2) is 9.97 Å². The highest BCUT2D eigenvalue weighted by atomic mass is 79.9. The van der Waals surface area contributed by atoms with Crippen molar-refractivity contribution in [1.29, 1.82) is 0 Å². The summed E-state index contributed by atoms with van der Waals surface area (Å²) >= 11 is 3.57. The lowest BCUT2D eigenvalue weighted by Gasteiger charge is -2.06. The number of nitrogens with zero attached hydrogens (tertiary/aromatic N) is 6. The Morgan fingerprint density at radius 3 is 2.57 bits per heavy atom. The molecule has 0 fully saturated rings. The fourth-order valence-electron chi connectivity index (χ4n) is 3.66. The number of halogens is 1. The number of pyridine rings is 1. The second-order valence-corrected chi connectivity index (χ2v) is 7.63. The van der Waals surface area contributed by atoms with Gasteiger partial charge < -0.3 is 14.9 Å². The van der Waals surface area contributed by atoms with Gasteiger partial charge in [-0.15, -0.1) is 10.2 Å². The van der Waals surface area contributed by atoms with Crippen LogP contribution in [0.4, 0.5) is 5.95 Å². The van der Waals surface area contributed by atoms with Gasteiger partial charge in [0.1, 0.15) is 17.0 Å². The molecule has 0 aliphatic heterocycles. The van der Waals surface area contributed by atoms with E-state index in [-0.39, 0.29) is 5.95 Å². The molecule has 0 atom stereocenters. The highest BCUT2D eigenvalue weighted by molar-refractivity contribution is 9.10. The second kappa shape index (κ2) is 6.13. The normalized spacial score (nSPS) is 11.5. The van der Waals surface area contributed by atoms with Crippen LogP contribution in [-0.2, 0) is 14.1 Å². The largest absolute Gasteiger partial charge is 0.366 e. The van der Waals surface area contributed by atoms with Crippen LogP contribution in [0.5, 0.6) is 0 Å². The van der Waals surface area contributed by atoms with Gasteiger partial charge in [-0.2, -0.15) is 0 Å². The van der Waals surface area contributed by atoms with E-state index >= 15 is 0 Å². The van der Waals surface area contributed by atoms with Crippen molar-refractivity contribution in [1.82, 2.24) is 29.3 Å². The van der Waals surface area contributed by atoms with Crippen molar-refractivity contribution in [3.05, 3.63) is 53.4 Å². The molecular formula is C20H16BrN7. The molecule has 28 heavy (non-hydrogen) atoms. The smallest absolute Gasteiger partial charge is 0.240 e. The van der Waals surface area contributed by atoms with Crippen molar-refractivity contribution < 1.29 is 0 Å². The molecule has 0 saturated carbocycles. The number of aryl methyl sites for hydroxylation is 2. The minimum absolute atomic E-state index is 0.143. The molecule has 5 aromatic rings. The predicted octanol–water partition coefficient (Wildman–Crippen LogP) is 3.93. The zero-order valence-corrected chi connectivity index (χ0v) is 16.8. The topological polar surface area (TPSA) is 87.4 Å². The summed E-state index contributed by atoms with van der Waals surface area (Å²) in [5.74, 6) is 0.143. The van der Waals surface area contributed by atoms with Gasteiger partial charge in [0.2, 0.25) is 5.95 Å². The molecule has 0 aliphatic rings. The zero-order chi connectivity index (χ0) is 19.4. The van der Waals surface area contributed by atoms with E-state index in [1.807, 2.05) is 49.3 Å². The van der Waals surface area contributed by atoms with Crippen LogP contribution in [0.25, 0.3) is 44.5 Å². The SMILES string of the molecule is Cn1cc(-c2nc(N)nnc2-c2cn(C)c3ncccc23)c2cc(Br)ccc21. The number of rotatable bonds is 2. The number of nitrogen functional groups attached to an aromatic ring is 1. The van der Waals surface area contributed by atoms with Gasteiger partial charge in [-0.3, -0.25) is 0 Å². The predicted molar refractivity (Wildman–Crippen MR) is 114 cm³/mol. The molecule has 0 amide bonds. The number of hydrogen-bond acceptors (Lipinski definition) is 5. The average molecular weight is 434 g/mol.